The number of hydrogen-bond acceptors (Lipinski definition) is 3. The maximum Gasteiger partial charge on any atom is 0.147 e. The Bertz CT molecular complexity index is 422. The van der Waals surface area contributed by atoms with E-state index in [1.807, 2.05) is 6.20 Å². The van der Waals surface area contributed by atoms with E-state index < -0.39 is 0 Å². The first-order valence-corrected chi connectivity index (χ1v) is 8.25. The van der Waals surface area contributed by atoms with Crippen molar-refractivity contribution >= 4 is 17.4 Å². The molecular formula is C16H26ClN3. The molecule has 0 saturated carbocycles. The highest BCUT2D eigenvalue weighted by atomic mass is 35.5. The van der Waals surface area contributed by atoms with E-state index in [1.165, 1.54) is 19.3 Å². The molecule has 0 bridgehead atoms. The summed E-state index contributed by atoms with van der Waals surface area (Å²) in [6, 6.07) is 2.66. The van der Waals surface area contributed by atoms with Crippen LogP contribution in [0.1, 0.15) is 51.5 Å². The summed E-state index contributed by atoms with van der Waals surface area (Å²) >= 11 is 6.47. The van der Waals surface area contributed by atoms with E-state index in [2.05, 4.69) is 35.1 Å². The summed E-state index contributed by atoms with van der Waals surface area (Å²) in [6.07, 6.45) is 8.10. The van der Waals surface area contributed by atoms with Gasteiger partial charge in [0, 0.05) is 25.3 Å². The average Bonchev–Trinajstić information content (AvgIpc) is 2.48. The Morgan fingerprint density at radius 1 is 1.40 bits per heavy atom. The molecule has 1 unspecified atom stereocenters. The molecule has 1 atom stereocenters. The fourth-order valence-corrected chi connectivity index (χ4v) is 3.19. The Balaban J connectivity index is 2.08. The van der Waals surface area contributed by atoms with Gasteiger partial charge < -0.3 is 10.2 Å². The van der Waals surface area contributed by atoms with E-state index in [1.54, 1.807) is 0 Å². The third-order valence-corrected chi connectivity index (χ3v) is 4.28. The highest BCUT2D eigenvalue weighted by Gasteiger charge is 2.23. The molecule has 1 N–H and O–H groups in total. The molecule has 4 heteroatoms. The number of piperidine rings is 1. The molecule has 1 fully saturated rings. The molecule has 2 rings (SSSR count). The zero-order valence-electron chi connectivity index (χ0n) is 12.7. The second-order valence-corrected chi connectivity index (χ2v) is 5.98. The molecule has 112 valence electrons. The second kappa shape index (κ2) is 7.84. The highest BCUT2D eigenvalue weighted by molar-refractivity contribution is 6.33. The molecule has 20 heavy (non-hydrogen) atoms. The van der Waals surface area contributed by atoms with Crippen molar-refractivity contribution in [2.45, 2.75) is 58.5 Å². The molecule has 0 aliphatic carbocycles. The van der Waals surface area contributed by atoms with E-state index in [0.717, 1.165) is 48.9 Å². The van der Waals surface area contributed by atoms with Gasteiger partial charge in [0.2, 0.25) is 0 Å². The normalized spacial score (nSPS) is 19.4. The Labute approximate surface area is 127 Å². The van der Waals surface area contributed by atoms with Crippen LogP contribution in [0, 0.1) is 0 Å². The Morgan fingerprint density at radius 2 is 2.25 bits per heavy atom. The lowest BCUT2D eigenvalue weighted by atomic mass is 10.00. The number of nitrogens with one attached hydrogen (secondary N) is 1. The summed E-state index contributed by atoms with van der Waals surface area (Å²) in [5.41, 5.74) is 1.16. The summed E-state index contributed by atoms with van der Waals surface area (Å²) in [5.74, 6) is 0.970. The minimum absolute atomic E-state index is 0.595. The molecule has 2 heterocycles. The van der Waals surface area contributed by atoms with Crippen LogP contribution in [0.3, 0.4) is 0 Å². The van der Waals surface area contributed by atoms with Crippen LogP contribution in [-0.2, 0) is 6.54 Å². The lowest BCUT2D eigenvalue weighted by Crippen LogP contribution is -2.39. The smallest absolute Gasteiger partial charge is 0.147 e. The number of pyridine rings is 1. The molecule has 0 amide bonds. The van der Waals surface area contributed by atoms with Gasteiger partial charge in [0.05, 0.1) is 5.02 Å². The Kier molecular flexibility index (Phi) is 6.11. The zero-order chi connectivity index (χ0) is 14.4. The summed E-state index contributed by atoms with van der Waals surface area (Å²) in [7, 11) is 0. The summed E-state index contributed by atoms with van der Waals surface area (Å²) < 4.78 is 0. The van der Waals surface area contributed by atoms with E-state index in [4.69, 9.17) is 11.6 Å². The number of aromatic nitrogens is 1. The monoisotopic (exact) mass is 295 g/mol. The minimum Gasteiger partial charge on any atom is -0.352 e. The van der Waals surface area contributed by atoms with Crippen molar-refractivity contribution in [3.05, 3.63) is 22.8 Å². The number of anilines is 1. The van der Waals surface area contributed by atoms with E-state index in [9.17, 15) is 0 Å². The maximum absolute atomic E-state index is 6.47. The minimum atomic E-state index is 0.595. The largest absolute Gasteiger partial charge is 0.352 e. The van der Waals surface area contributed by atoms with Crippen LogP contribution in [0.2, 0.25) is 5.02 Å². The first-order chi connectivity index (χ1) is 9.76. The first kappa shape index (κ1) is 15.6. The summed E-state index contributed by atoms with van der Waals surface area (Å²) in [5, 5.41) is 4.18. The van der Waals surface area contributed by atoms with Gasteiger partial charge in [0.1, 0.15) is 5.82 Å². The van der Waals surface area contributed by atoms with E-state index >= 15 is 0 Å². The van der Waals surface area contributed by atoms with Crippen LogP contribution in [0.5, 0.6) is 0 Å². The van der Waals surface area contributed by atoms with E-state index in [-0.39, 0.29) is 0 Å². The van der Waals surface area contributed by atoms with Crippen molar-refractivity contribution in [2.24, 2.45) is 0 Å². The van der Waals surface area contributed by atoms with Gasteiger partial charge in [0.25, 0.3) is 0 Å². The first-order valence-electron chi connectivity index (χ1n) is 7.88. The van der Waals surface area contributed by atoms with Crippen molar-refractivity contribution in [3.63, 3.8) is 0 Å². The van der Waals surface area contributed by atoms with Crippen LogP contribution in [0.25, 0.3) is 0 Å². The molecule has 1 aromatic heterocycles. The standard InChI is InChI=1S/C16H26ClN3/c1-3-8-18-11-13-10-15(17)16(19-12-13)20-9-6-5-7-14(20)4-2/h10,12,14,18H,3-9,11H2,1-2H3. The third kappa shape index (κ3) is 3.86. The van der Waals surface area contributed by atoms with Crippen molar-refractivity contribution in [2.75, 3.05) is 18.0 Å². The highest BCUT2D eigenvalue weighted by Crippen LogP contribution is 2.30. The quantitative estimate of drug-likeness (QED) is 0.804. The number of rotatable bonds is 6. The summed E-state index contributed by atoms with van der Waals surface area (Å²) in [4.78, 5) is 7.03. The van der Waals surface area contributed by atoms with Gasteiger partial charge in [-0.3, -0.25) is 0 Å². The van der Waals surface area contributed by atoms with Gasteiger partial charge >= 0.3 is 0 Å². The van der Waals surface area contributed by atoms with Gasteiger partial charge in [-0.25, -0.2) is 4.98 Å². The van der Waals surface area contributed by atoms with Crippen LogP contribution < -0.4 is 10.2 Å². The molecule has 0 aromatic carbocycles. The van der Waals surface area contributed by atoms with Crippen LogP contribution in [0.4, 0.5) is 5.82 Å². The van der Waals surface area contributed by atoms with Crippen LogP contribution in [0.15, 0.2) is 12.3 Å². The molecule has 1 aromatic rings. The average molecular weight is 296 g/mol. The lowest BCUT2D eigenvalue weighted by Gasteiger charge is -2.36. The van der Waals surface area contributed by atoms with Gasteiger partial charge in [-0.05, 0) is 50.3 Å². The van der Waals surface area contributed by atoms with Gasteiger partial charge in [-0.2, -0.15) is 0 Å². The summed E-state index contributed by atoms with van der Waals surface area (Å²) in [6.45, 7) is 7.38. The van der Waals surface area contributed by atoms with E-state index in [0.29, 0.717) is 6.04 Å². The molecule has 3 nitrogen and oxygen atoms in total. The fraction of sp³-hybridized carbons (Fsp3) is 0.688. The second-order valence-electron chi connectivity index (χ2n) is 5.58. The number of hydrogen-bond donors (Lipinski definition) is 1. The molecule has 0 spiro atoms. The SMILES string of the molecule is CCCNCc1cnc(N2CCCCC2CC)c(Cl)c1. The topological polar surface area (TPSA) is 28.2 Å². The predicted octanol–water partition coefficient (Wildman–Crippen LogP) is 4.00. The maximum atomic E-state index is 6.47. The molecule has 0 radical (unpaired) electrons. The van der Waals surface area contributed by atoms with Gasteiger partial charge in [-0.15, -0.1) is 0 Å². The Morgan fingerprint density at radius 3 is 2.95 bits per heavy atom. The van der Waals surface area contributed by atoms with Crippen molar-refractivity contribution in [1.82, 2.24) is 10.3 Å². The number of nitrogens with zero attached hydrogens (tertiary/aromatic N) is 2. The Hall–Kier alpha value is -0.800. The molecule has 1 aliphatic rings. The van der Waals surface area contributed by atoms with Crippen molar-refractivity contribution in [1.29, 1.82) is 0 Å². The lowest BCUT2D eigenvalue weighted by molar-refractivity contribution is 0.447. The molecular weight excluding hydrogens is 270 g/mol. The molecule has 1 saturated heterocycles. The van der Waals surface area contributed by atoms with Crippen LogP contribution in [-0.4, -0.2) is 24.1 Å². The van der Waals surface area contributed by atoms with Gasteiger partial charge in [0.15, 0.2) is 0 Å². The van der Waals surface area contributed by atoms with Crippen molar-refractivity contribution in [3.8, 4) is 0 Å². The van der Waals surface area contributed by atoms with Gasteiger partial charge in [-0.1, -0.05) is 25.4 Å². The predicted molar refractivity (Wildman–Crippen MR) is 86.5 cm³/mol. The fourth-order valence-electron chi connectivity index (χ4n) is 2.89. The van der Waals surface area contributed by atoms with Crippen LogP contribution >= 0.6 is 11.6 Å². The molecule has 1 aliphatic heterocycles. The zero-order valence-corrected chi connectivity index (χ0v) is 13.4. The number of halogens is 1. The van der Waals surface area contributed by atoms with Crippen molar-refractivity contribution < 1.29 is 0 Å². The third-order valence-electron chi connectivity index (χ3n) is 4.00.